The summed E-state index contributed by atoms with van der Waals surface area (Å²) in [5.41, 5.74) is -0.461. The molecule has 18 heteroatoms. The van der Waals surface area contributed by atoms with Gasteiger partial charge in [0.15, 0.2) is 12.1 Å². The van der Waals surface area contributed by atoms with E-state index in [2.05, 4.69) is 0 Å². The van der Waals surface area contributed by atoms with Gasteiger partial charge >= 0.3 is 0 Å². The lowest BCUT2D eigenvalue weighted by Gasteiger charge is -2.46. The van der Waals surface area contributed by atoms with Crippen LogP contribution in [-0.4, -0.2) is 160 Å². The number of phenolic OH excluding ortho intramolecular Hbond substituents is 3. The number of aliphatic hydroxyl groups excluding tert-OH is 9. The fourth-order valence-electron chi connectivity index (χ4n) is 6.23. The van der Waals surface area contributed by atoms with Crippen LogP contribution in [0, 0.1) is 0 Å². The van der Waals surface area contributed by atoms with Gasteiger partial charge < -0.3 is 85.0 Å². The smallest absolute Gasteiger partial charge is 0.229 e. The molecule has 2 aromatic rings. The Balaban J connectivity index is 1.44. The van der Waals surface area contributed by atoms with Gasteiger partial charge in [-0.2, -0.15) is 0 Å². The molecule has 0 aromatic heterocycles. The number of rotatable bonds is 11. The minimum Gasteiger partial charge on any atom is -0.508 e. The van der Waals surface area contributed by atoms with Crippen molar-refractivity contribution < 1.29 is 89.8 Å². The van der Waals surface area contributed by atoms with Gasteiger partial charge in [0.25, 0.3) is 0 Å². The molecule has 0 bridgehead atoms. The highest BCUT2D eigenvalue weighted by atomic mass is 16.7. The number of aromatic hydroxyl groups is 3. The highest BCUT2D eigenvalue weighted by molar-refractivity contribution is 6.02. The molecule has 2 aromatic carbocycles. The molecular weight excluding hydrogens is 672 g/mol. The molecule has 3 saturated heterocycles. The predicted octanol–water partition coefficient (Wildman–Crippen LogP) is -3.20. The second kappa shape index (κ2) is 15.6. The minimum atomic E-state index is -1.98. The first-order chi connectivity index (χ1) is 23.7. The van der Waals surface area contributed by atoms with Gasteiger partial charge in [0.1, 0.15) is 95.7 Å². The van der Waals surface area contributed by atoms with Crippen molar-refractivity contribution in [3.8, 4) is 23.0 Å². The van der Waals surface area contributed by atoms with Crippen LogP contribution in [0.3, 0.4) is 0 Å². The number of ether oxygens (including phenoxy) is 5. The zero-order chi connectivity index (χ0) is 36.6. The number of carbonyl (C=O) groups is 1. The summed E-state index contributed by atoms with van der Waals surface area (Å²) in [5.74, 6) is -2.99. The second-order valence-corrected chi connectivity index (χ2v) is 12.5. The van der Waals surface area contributed by atoms with Crippen LogP contribution >= 0.6 is 0 Å². The molecule has 0 unspecified atom stereocenters. The van der Waals surface area contributed by atoms with Crippen molar-refractivity contribution in [3.63, 3.8) is 0 Å². The number of phenols is 3. The third-order valence-electron chi connectivity index (χ3n) is 9.12. The summed E-state index contributed by atoms with van der Waals surface area (Å²) in [6.45, 7) is -0.0737. The largest absolute Gasteiger partial charge is 0.508 e. The number of hydrogen-bond acceptors (Lipinski definition) is 18. The highest BCUT2D eigenvalue weighted by Crippen LogP contribution is 2.47. The number of carbonyl (C=O) groups excluding carboxylic acids is 1. The van der Waals surface area contributed by atoms with Gasteiger partial charge in [0.05, 0.1) is 24.9 Å². The Bertz CT molecular complexity index is 1470. The molecule has 50 heavy (non-hydrogen) atoms. The topological polar surface area (TPSA) is 306 Å². The molecule has 14 atom stereocenters. The first-order valence-electron chi connectivity index (χ1n) is 15.8. The van der Waals surface area contributed by atoms with Gasteiger partial charge in [-0.25, -0.2) is 0 Å². The summed E-state index contributed by atoms with van der Waals surface area (Å²) < 4.78 is 27.8. The summed E-state index contributed by atoms with van der Waals surface area (Å²) in [7, 11) is 0. The van der Waals surface area contributed by atoms with E-state index < -0.39 is 133 Å². The quantitative estimate of drug-likeness (QED) is 0.102. The molecule has 0 spiro atoms. The average Bonchev–Trinajstić information content (AvgIpc) is 3.36. The third kappa shape index (κ3) is 7.39. The normalized spacial score (nSPS) is 37.5. The summed E-state index contributed by atoms with van der Waals surface area (Å²) in [6, 6.07) is 6.84. The number of aliphatic hydroxyl groups is 9. The molecule has 0 aliphatic carbocycles. The maximum atomic E-state index is 13.7. The number of hydrogen-bond donors (Lipinski definition) is 12. The van der Waals surface area contributed by atoms with Crippen LogP contribution in [0.25, 0.3) is 0 Å². The Labute approximate surface area is 284 Å². The van der Waals surface area contributed by atoms with Crippen molar-refractivity contribution in [2.24, 2.45) is 0 Å². The Morgan fingerprint density at radius 1 is 0.740 bits per heavy atom. The number of aryl methyl sites for hydroxylation is 1. The fourth-order valence-corrected chi connectivity index (χ4v) is 6.23. The lowest BCUT2D eigenvalue weighted by molar-refractivity contribution is -0.339. The van der Waals surface area contributed by atoms with Gasteiger partial charge in [-0.05, 0) is 31.0 Å². The molecule has 5 rings (SSSR count). The van der Waals surface area contributed by atoms with Crippen molar-refractivity contribution in [3.05, 3.63) is 47.0 Å². The lowest BCUT2D eigenvalue weighted by atomic mass is 9.88. The van der Waals surface area contributed by atoms with E-state index in [0.717, 1.165) is 6.07 Å². The molecule has 3 heterocycles. The highest BCUT2D eigenvalue weighted by Gasteiger charge is 2.51. The maximum Gasteiger partial charge on any atom is 0.229 e. The van der Waals surface area contributed by atoms with Crippen LogP contribution < -0.4 is 4.74 Å². The van der Waals surface area contributed by atoms with Crippen LogP contribution in [0.15, 0.2) is 30.3 Å². The Morgan fingerprint density at radius 2 is 1.32 bits per heavy atom. The van der Waals surface area contributed by atoms with E-state index in [4.69, 9.17) is 23.7 Å². The van der Waals surface area contributed by atoms with E-state index in [9.17, 15) is 66.1 Å². The summed E-state index contributed by atoms with van der Waals surface area (Å²) in [6.07, 6.45) is -23.0. The molecule has 18 nitrogen and oxygen atoms in total. The summed E-state index contributed by atoms with van der Waals surface area (Å²) in [4.78, 5) is 13.7. The Morgan fingerprint density at radius 3 is 1.94 bits per heavy atom. The minimum absolute atomic E-state index is 0.00152. The van der Waals surface area contributed by atoms with E-state index in [1.807, 2.05) is 0 Å². The predicted molar refractivity (Wildman–Crippen MR) is 163 cm³/mol. The van der Waals surface area contributed by atoms with Crippen LogP contribution in [-0.2, 0) is 25.4 Å². The van der Waals surface area contributed by atoms with Crippen LogP contribution in [0.1, 0.15) is 40.9 Å². The van der Waals surface area contributed by atoms with E-state index in [0.29, 0.717) is 5.56 Å². The molecule has 3 aliphatic rings. The lowest BCUT2D eigenvalue weighted by Crippen LogP contribution is -2.62. The Hall–Kier alpha value is -3.21. The summed E-state index contributed by atoms with van der Waals surface area (Å²) in [5, 5.41) is 125. The van der Waals surface area contributed by atoms with E-state index >= 15 is 0 Å². The van der Waals surface area contributed by atoms with Crippen molar-refractivity contribution in [1.29, 1.82) is 0 Å². The first kappa shape index (κ1) is 38.0. The molecule has 0 radical (unpaired) electrons. The molecule has 12 N–H and O–H groups in total. The molecule has 0 amide bonds. The fraction of sp³-hybridized carbons (Fsp3) is 0.594. The zero-order valence-corrected chi connectivity index (χ0v) is 26.6. The van der Waals surface area contributed by atoms with Gasteiger partial charge in [0, 0.05) is 12.5 Å². The van der Waals surface area contributed by atoms with E-state index in [1.165, 1.54) is 19.1 Å². The van der Waals surface area contributed by atoms with Gasteiger partial charge in [-0.1, -0.05) is 12.1 Å². The second-order valence-electron chi connectivity index (χ2n) is 12.5. The van der Waals surface area contributed by atoms with Crippen LogP contribution in [0.4, 0.5) is 0 Å². The van der Waals surface area contributed by atoms with Crippen molar-refractivity contribution >= 4 is 5.78 Å². The van der Waals surface area contributed by atoms with E-state index in [1.54, 1.807) is 12.1 Å². The number of Topliss-reactive ketones (excluding diaryl/α,β-unsaturated/α-hetero) is 1. The van der Waals surface area contributed by atoms with Gasteiger partial charge in [0.2, 0.25) is 6.29 Å². The van der Waals surface area contributed by atoms with Crippen molar-refractivity contribution in [2.75, 3.05) is 13.2 Å². The third-order valence-corrected chi connectivity index (χ3v) is 9.12. The number of ketones is 1. The molecule has 278 valence electrons. The maximum absolute atomic E-state index is 13.7. The monoisotopic (exact) mass is 714 g/mol. The molecular formula is C32H42O18. The number of benzene rings is 2. The van der Waals surface area contributed by atoms with Gasteiger partial charge in [-0.3, -0.25) is 4.79 Å². The first-order valence-corrected chi connectivity index (χ1v) is 15.8. The molecule has 3 aliphatic heterocycles. The summed E-state index contributed by atoms with van der Waals surface area (Å²) >= 11 is 0. The SMILES string of the molecule is C[C@H]1O[C@@H](c2c(O)cc(O[C@@H]3O[C@@H](CO)[C@H](O)[C@H]3O)c(C(=O)CCc3ccc(O)cc3)c2O)[C@H](O)[C@@H](O)[C@H]1O[C@@H]1O[C@H](CO)[C@@H](O)[C@H](O)[C@H]1O. The molecule has 3 fully saturated rings. The van der Waals surface area contributed by atoms with Crippen LogP contribution in [0.5, 0.6) is 23.0 Å². The van der Waals surface area contributed by atoms with Crippen molar-refractivity contribution in [2.45, 2.75) is 106 Å². The van der Waals surface area contributed by atoms with E-state index in [-0.39, 0.29) is 18.6 Å². The average molecular weight is 715 g/mol. The standard InChI is InChI=1S/C32H42O18/c1-11-29(50-32-28(45)24(41)21(38)17(9-33)49-32)25(42)26(43)30(46-11)20-15(37)8-16(47-31-27(44)22(39)18(10-34)48-31)19(23(20)40)14(36)7-4-12-2-5-13(35)6-3-12/h2-3,5-6,8,11,17-18,21-22,24-35,37-45H,4,7,9-10H2,1H3/t11-,17-,18+,21-,22+,24+,25-,26-,27-,28-,29+,30+,31-,32+/m1/s1. The van der Waals surface area contributed by atoms with Gasteiger partial charge in [-0.15, -0.1) is 0 Å². The zero-order valence-electron chi connectivity index (χ0n) is 26.6. The van der Waals surface area contributed by atoms with Crippen molar-refractivity contribution in [1.82, 2.24) is 0 Å². The van der Waals surface area contributed by atoms with Crippen LogP contribution in [0.2, 0.25) is 0 Å². The molecule has 0 saturated carbocycles. The Kier molecular flexibility index (Phi) is 11.8.